The van der Waals surface area contributed by atoms with E-state index in [1.165, 1.54) is 24.3 Å². The molecule has 1 atom stereocenters. The standard InChI is InChI=1S/C25H25ClF4N2O5/c26-18-5-4-16(11-19(18)27)36-14-21(34)32-23-6-8-24(9-7-23,20(33)12-23)22(35)31-13-15-2-1-3-17(10-15)37-25(28,29)30/h1-5,10-11,20,33H,6-9,12-14H2,(H,31,35)(H,32,34). The highest BCUT2D eigenvalue weighted by Gasteiger charge is 2.58. The second-order valence-corrected chi connectivity index (χ2v) is 9.85. The number of rotatable bonds is 8. The summed E-state index contributed by atoms with van der Waals surface area (Å²) in [4.78, 5) is 25.6. The first-order chi connectivity index (χ1) is 17.4. The Hall–Kier alpha value is -3.05. The molecule has 2 aromatic carbocycles. The minimum atomic E-state index is -4.82. The lowest BCUT2D eigenvalue weighted by molar-refractivity contribution is -0.274. The molecule has 3 saturated carbocycles. The van der Waals surface area contributed by atoms with E-state index in [1.807, 2.05) is 0 Å². The van der Waals surface area contributed by atoms with Crippen LogP contribution in [0.5, 0.6) is 11.5 Å². The number of benzene rings is 2. The van der Waals surface area contributed by atoms with Gasteiger partial charge in [0.05, 0.1) is 16.5 Å². The molecule has 0 aliphatic heterocycles. The largest absolute Gasteiger partial charge is 0.573 e. The van der Waals surface area contributed by atoms with Crippen LogP contribution in [-0.4, -0.2) is 41.5 Å². The minimum absolute atomic E-state index is 0.0349. The first kappa shape index (κ1) is 27.0. The highest BCUT2D eigenvalue weighted by atomic mass is 35.5. The normalized spacial score (nSPS) is 24.9. The van der Waals surface area contributed by atoms with E-state index in [0.717, 1.165) is 12.1 Å². The molecule has 1 unspecified atom stereocenters. The van der Waals surface area contributed by atoms with Crippen LogP contribution < -0.4 is 20.1 Å². The highest BCUT2D eigenvalue weighted by molar-refractivity contribution is 6.30. The first-order valence-electron chi connectivity index (χ1n) is 11.6. The number of amides is 2. The summed E-state index contributed by atoms with van der Waals surface area (Å²) < 4.78 is 60.2. The molecule has 0 heterocycles. The summed E-state index contributed by atoms with van der Waals surface area (Å²) in [5.74, 6) is -1.75. The van der Waals surface area contributed by atoms with Crippen LogP contribution in [0.2, 0.25) is 5.02 Å². The Balaban J connectivity index is 1.31. The molecule has 3 aliphatic rings. The van der Waals surface area contributed by atoms with Crippen LogP contribution >= 0.6 is 11.6 Å². The maximum absolute atomic E-state index is 13.6. The van der Waals surface area contributed by atoms with Crippen LogP contribution in [0, 0.1) is 11.2 Å². The molecular formula is C25H25ClF4N2O5. The third kappa shape index (κ3) is 6.27. The number of carbonyl (C=O) groups excluding carboxylic acids is 2. The molecule has 37 heavy (non-hydrogen) atoms. The third-order valence-electron chi connectivity index (χ3n) is 7.02. The van der Waals surface area contributed by atoms with Gasteiger partial charge in [0.1, 0.15) is 17.3 Å². The van der Waals surface area contributed by atoms with Gasteiger partial charge in [-0.15, -0.1) is 13.2 Å². The summed E-state index contributed by atoms with van der Waals surface area (Å²) in [6.45, 7) is -0.394. The summed E-state index contributed by atoms with van der Waals surface area (Å²) >= 11 is 5.63. The van der Waals surface area contributed by atoms with Crippen LogP contribution in [0.15, 0.2) is 42.5 Å². The van der Waals surface area contributed by atoms with E-state index in [0.29, 0.717) is 31.2 Å². The van der Waals surface area contributed by atoms with Crippen molar-refractivity contribution < 1.29 is 41.7 Å². The summed E-state index contributed by atoms with van der Waals surface area (Å²) in [5, 5.41) is 16.5. The summed E-state index contributed by atoms with van der Waals surface area (Å²) in [5.41, 5.74) is -1.34. The fourth-order valence-electron chi connectivity index (χ4n) is 5.09. The fourth-order valence-corrected chi connectivity index (χ4v) is 5.21. The lowest BCUT2D eigenvalue weighted by Gasteiger charge is -2.55. The lowest BCUT2D eigenvalue weighted by Crippen LogP contribution is -2.65. The van der Waals surface area contributed by atoms with Gasteiger partial charge >= 0.3 is 6.36 Å². The molecular weight excluding hydrogens is 520 g/mol. The van der Waals surface area contributed by atoms with Crippen LogP contribution in [0.25, 0.3) is 0 Å². The Morgan fingerprint density at radius 1 is 1.08 bits per heavy atom. The number of halogens is 5. The molecule has 0 aromatic heterocycles. The predicted octanol–water partition coefficient (Wildman–Crippen LogP) is 4.25. The average molecular weight is 545 g/mol. The number of aliphatic hydroxyl groups is 1. The van der Waals surface area contributed by atoms with Crippen LogP contribution in [0.3, 0.4) is 0 Å². The summed E-state index contributed by atoms with van der Waals surface area (Å²) in [6.07, 6.45) is -4.14. The van der Waals surface area contributed by atoms with Crippen molar-refractivity contribution in [3.05, 3.63) is 58.9 Å². The molecule has 3 aliphatic carbocycles. The number of hydrogen-bond donors (Lipinski definition) is 3. The molecule has 0 spiro atoms. The number of ether oxygens (including phenoxy) is 2. The van der Waals surface area contributed by atoms with Gasteiger partial charge in [0, 0.05) is 18.2 Å². The second kappa shape index (κ2) is 10.4. The van der Waals surface area contributed by atoms with Crippen molar-refractivity contribution in [2.75, 3.05) is 6.61 Å². The number of hydrogen-bond acceptors (Lipinski definition) is 5. The quantitative estimate of drug-likeness (QED) is 0.432. The molecule has 2 amide bonds. The lowest BCUT2D eigenvalue weighted by atomic mass is 9.55. The van der Waals surface area contributed by atoms with E-state index in [4.69, 9.17) is 16.3 Å². The Morgan fingerprint density at radius 3 is 2.46 bits per heavy atom. The molecule has 200 valence electrons. The van der Waals surface area contributed by atoms with Crippen molar-refractivity contribution >= 4 is 23.4 Å². The molecule has 0 saturated heterocycles. The summed E-state index contributed by atoms with van der Waals surface area (Å²) in [6, 6.07) is 9.13. The van der Waals surface area contributed by atoms with Crippen LogP contribution in [-0.2, 0) is 16.1 Å². The molecule has 5 rings (SSSR count). The van der Waals surface area contributed by atoms with Gasteiger partial charge in [0.25, 0.3) is 5.91 Å². The van der Waals surface area contributed by atoms with Crippen LogP contribution in [0.4, 0.5) is 17.6 Å². The molecule has 12 heteroatoms. The molecule has 0 radical (unpaired) electrons. The average Bonchev–Trinajstić information content (AvgIpc) is 2.83. The van der Waals surface area contributed by atoms with Crippen molar-refractivity contribution in [1.29, 1.82) is 0 Å². The maximum Gasteiger partial charge on any atom is 0.573 e. The van der Waals surface area contributed by atoms with E-state index in [-0.39, 0.29) is 30.3 Å². The monoisotopic (exact) mass is 544 g/mol. The Bertz CT molecular complexity index is 1170. The number of alkyl halides is 3. The molecule has 3 fully saturated rings. The van der Waals surface area contributed by atoms with Gasteiger partial charge in [0.15, 0.2) is 6.61 Å². The fraction of sp³-hybridized carbons (Fsp3) is 0.440. The molecule has 2 aromatic rings. The second-order valence-electron chi connectivity index (χ2n) is 9.45. The smallest absolute Gasteiger partial charge is 0.484 e. The van der Waals surface area contributed by atoms with Gasteiger partial charge in [-0.2, -0.15) is 0 Å². The van der Waals surface area contributed by atoms with E-state index in [9.17, 15) is 32.3 Å². The van der Waals surface area contributed by atoms with Crippen molar-refractivity contribution in [2.45, 2.75) is 56.7 Å². The Morgan fingerprint density at radius 2 is 1.81 bits per heavy atom. The Labute approximate surface area is 215 Å². The zero-order valence-corrected chi connectivity index (χ0v) is 20.3. The minimum Gasteiger partial charge on any atom is -0.484 e. The number of nitrogens with one attached hydrogen (secondary N) is 2. The predicted molar refractivity (Wildman–Crippen MR) is 124 cm³/mol. The van der Waals surface area contributed by atoms with Crippen molar-refractivity contribution in [2.24, 2.45) is 5.41 Å². The summed E-state index contributed by atoms with van der Waals surface area (Å²) in [7, 11) is 0. The third-order valence-corrected chi connectivity index (χ3v) is 7.33. The number of carbonyl (C=O) groups is 2. The van der Waals surface area contributed by atoms with E-state index in [2.05, 4.69) is 15.4 Å². The SMILES string of the molecule is O=C(COc1ccc(Cl)c(F)c1)NC12CCC(C(=O)NCc3cccc(OC(F)(F)F)c3)(CC1)C(O)C2. The van der Waals surface area contributed by atoms with Gasteiger partial charge in [-0.1, -0.05) is 23.7 Å². The van der Waals surface area contributed by atoms with Gasteiger partial charge in [-0.25, -0.2) is 4.39 Å². The van der Waals surface area contributed by atoms with Gasteiger partial charge in [0.2, 0.25) is 5.91 Å². The highest BCUT2D eigenvalue weighted by Crippen LogP contribution is 2.52. The van der Waals surface area contributed by atoms with Crippen LogP contribution in [0.1, 0.15) is 37.7 Å². The van der Waals surface area contributed by atoms with Gasteiger partial charge in [-0.3, -0.25) is 9.59 Å². The molecule has 7 nitrogen and oxygen atoms in total. The van der Waals surface area contributed by atoms with Crippen molar-refractivity contribution in [1.82, 2.24) is 10.6 Å². The van der Waals surface area contributed by atoms with E-state index in [1.54, 1.807) is 6.07 Å². The Kier molecular flexibility index (Phi) is 7.57. The van der Waals surface area contributed by atoms with Crippen molar-refractivity contribution in [3.63, 3.8) is 0 Å². The van der Waals surface area contributed by atoms with Gasteiger partial charge < -0.3 is 25.2 Å². The van der Waals surface area contributed by atoms with Crippen molar-refractivity contribution in [3.8, 4) is 11.5 Å². The molecule has 3 N–H and O–H groups in total. The van der Waals surface area contributed by atoms with Gasteiger partial charge in [-0.05, 0) is 61.9 Å². The number of fused-ring (bicyclic) bond motifs is 3. The number of aliphatic hydroxyl groups excluding tert-OH is 1. The molecule has 2 bridgehead atoms. The first-order valence-corrected chi connectivity index (χ1v) is 12.0. The van der Waals surface area contributed by atoms with E-state index >= 15 is 0 Å². The maximum atomic E-state index is 13.6. The zero-order valence-electron chi connectivity index (χ0n) is 19.5. The topological polar surface area (TPSA) is 96.9 Å². The van der Waals surface area contributed by atoms with E-state index < -0.39 is 46.8 Å². The zero-order chi connectivity index (χ0) is 26.8.